The third-order valence-corrected chi connectivity index (χ3v) is 7.09. The van der Waals surface area contributed by atoms with Crippen molar-refractivity contribution in [2.24, 2.45) is 0 Å². The second kappa shape index (κ2) is 16.2. The summed E-state index contributed by atoms with van der Waals surface area (Å²) in [5.41, 5.74) is 8.17. The number of hydrogen-bond donors (Lipinski definition) is 6. The minimum absolute atomic E-state index is 0.0538. The van der Waals surface area contributed by atoms with Gasteiger partial charge >= 0.3 is 0 Å². The van der Waals surface area contributed by atoms with Crippen LogP contribution in [0, 0.1) is 0 Å². The number of aliphatic hydroxyl groups excluding tert-OH is 4. The Morgan fingerprint density at radius 2 is 1.84 bits per heavy atom. The largest absolute Gasteiger partial charge is 0.490 e. The number of hydrogen-bond acceptors (Lipinski definition) is 12. The number of anilines is 1. The Bertz CT molecular complexity index is 1470. The fourth-order valence-electron chi connectivity index (χ4n) is 4.72. The number of nitrogens with one attached hydrogen (secondary N) is 1. The van der Waals surface area contributed by atoms with Gasteiger partial charge < -0.3 is 41.0 Å². The first-order valence-electron chi connectivity index (χ1n) is 14.6. The summed E-state index contributed by atoms with van der Waals surface area (Å²) < 4.78 is 12.5. The molecule has 0 amide bonds. The van der Waals surface area contributed by atoms with Crippen LogP contribution in [0.5, 0.6) is 5.75 Å². The van der Waals surface area contributed by atoms with Gasteiger partial charge in [0.2, 0.25) is 0 Å². The molecule has 0 bridgehead atoms. The van der Waals surface area contributed by atoms with E-state index in [2.05, 4.69) is 27.2 Å². The summed E-state index contributed by atoms with van der Waals surface area (Å²) in [5, 5.41) is 41.8. The number of nitrogen functional groups attached to an aromatic ring is 1. The molecule has 1 aliphatic rings. The number of aliphatic hydroxyl groups is 4. The van der Waals surface area contributed by atoms with Gasteiger partial charge in [0.25, 0.3) is 0 Å². The van der Waals surface area contributed by atoms with E-state index >= 15 is 0 Å². The van der Waals surface area contributed by atoms with Gasteiger partial charge in [-0.3, -0.25) is 9.36 Å². The summed E-state index contributed by atoms with van der Waals surface area (Å²) in [6.45, 7) is 3.20. The highest BCUT2D eigenvalue weighted by molar-refractivity contribution is 5.98. The summed E-state index contributed by atoms with van der Waals surface area (Å²) in [5.74, 6) is 0.809. The first-order valence-corrected chi connectivity index (χ1v) is 14.6. The minimum Gasteiger partial charge on any atom is -0.490 e. The van der Waals surface area contributed by atoms with Gasteiger partial charge in [-0.05, 0) is 37.1 Å². The Balaban J connectivity index is 0.000000208. The van der Waals surface area contributed by atoms with Crippen molar-refractivity contribution in [3.63, 3.8) is 0 Å². The molecule has 2 aromatic heterocycles. The van der Waals surface area contributed by atoms with Crippen molar-refractivity contribution >= 4 is 22.8 Å². The number of aromatic nitrogens is 4. The molecular weight excluding hydrogens is 568 g/mol. The van der Waals surface area contributed by atoms with Crippen molar-refractivity contribution in [2.75, 3.05) is 32.0 Å². The number of fused-ring (bicyclic) bond motifs is 1. The number of ketones is 1. The summed E-state index contributed by atoms with van der Waals surface area (Å²) in [6.07, 6.45) is 0.140. The zero-order valence-electron chi connectivity index (χ0n) is 24.6. The van der Waals surface area contributed by atoms with Crippen LogP contribution in [0.3, 0.4) is 0 Å². The van der Waals surface area contributed by atoms with Crippen LogP contribution in [0.25, 0.3) is 11.2 Å². The number of rotatable bonds is 13. The maximum atomic E-state index is 12.5. The highest BCUT2D eigenvalue weighted by Crippen LogP contribution is 2.31. The Morgan fingerprint density at radius 3 is 2.57 bits per heavy atom. The fourth-order valence-corrected chi connectivity index (χ4v) is 4.72. The second-order valence-corrected chi connectivity index (χ2v) is 10.4. The van der Waals surface area contributed by atoms with E-state index in [1.807, 2.05) is 42.5 Å². The number of carbonyl (C=O) groups excluding carboxylic acids is 1. The molecule has 44 heavy (non-hydrogen) atoms. The molecule has 7 N–H and O–H groups in total. The van der Waals surface area contributed by atoms with Crippen molar-refractivity contribution in [3.05, 3.63) is 78.4 Å². The predicted molar refractivity (Wildman–Crippen MR) is 163 cm³/mol. The van der Waals surface area contributed by atoms with Crippen LogP contribution in [-0.4, -0.2) is 96.4 Å². The van der Waals surface area contributed by atoms with Crippen LogP contribution in [0.4, 0.5) is 5.82 Å². The molecule has 0 spiro atoms. The predicted octanol–water partition coefficient (Wildman–Crippen LogP) is 1.26. The maximum absolute atomic E-state index is 12.5. The van der Waals surface area contributed by atoms with Gasteiger partial charge in [0.05, 0.1) is 18.5 Å². The van der Waals surface area contributed by atoms with Crippen molar-refractivity contribution in [1.29, 1.82) is 0 Å². The molecule has 2 aromatic carbocycles. The lowest BCUT2D eigenvalue weighted by atomic mass is 10.0. The van der Waals surface area contributed by atoms with Gasteiger partial charge in [-0.1, -0.05) is 49.4 Å². The molecule has 0 saturated carbocycles. The number of nitrogens with zero attached hydrogens (tertiary/aromatic N) is 4. The fraction of sp³-hybridized carbons (Fsp3) is 0.419. The second-order valence-electron chi connectivity index (χ2n) is 10.4. The van der Waals surface area contributed by atoms with E-state index in [0.717, 1.165) is 18.5 Å². The highest BCUT2D eigenvalue weighted by atomic mass is 16.6. The minimum atomic E-state index is -1.19. The summed E-state index contributed by atoms with van der Waals surface area (Å²) in [7, 11) is 0. The quantitative estimate of drug-likeness (QED) is 0.0940. The lowest BCUT2D eigenvalue weighted by molar-refractivity contribution is -0.0511. The zero-order chi connectivity index (χ0) is 31.5. The van der Waals surface area contributed by atoms with Crippen LogP contribution < -0.4 is 15.8 Å². The zero-order valence-corrected chi connectivity index (χ0v) is 24.6. The van der Waals surface area contributed by atoms with E-state index in [0.29, 0.717) is 41.9 Å². The molecule has 1 aliphatic heterocycles. The summed E-state index contributed by atoms with van der Waals surface area (Å²) >= 11 is 0. The number of benzene rings is 2. The van der Waals surface area contributed by atoms with Crippen LogP contribution in [0.15, 0.2) is 67.3 Å². The van der Waals surface area contributed by atoms with E-state index in [1.165, 1.54) is 17.2 Å². The van der Waals surface area contributed by atoms with Gasteiger partial charge in [0.1, 0.15) is 48.6 Å². The van der Waals surface area contributed by atoms with E-state index in [-0.39, 0.29) is 18.2 Å². The number of Topliss-reactive ketones (excluding diaryl/α,β-unsaturated/α-hetero) is 1. The van der Waals surface area contributed by atoms with Crippen molar-refractivity contribution in [3.8, 4) is 5.75 Å². The molecule has 13 heteroatoms. The molecule has 13 nitrogen and oxygen atoms in total. The normalized spacial score (nSPS) is 20.2. The molecule has 0 radical (unpaired) electrons. The third kappa shape index (κ3) is 8.34. The maximum Gasteiger partial charge on any atom is 0.167 e. The molecular formula is C31H40N6O7. The number of carbonyl (C=O) groups is 1. The van der Waals surface area contributed by atoms with Crippen LogP contribution in [-0.2, 0) is 11.2 Å². The Labute approximate surface area is 255 Å². The van der Waals surface area contributed by atoms with E-state index in [1.54, 1.807) is 12.1 Å². The number of para-hydroxylation sites is 1. The molecule has 0 aliphatic carbocycles. The topological polar surface area (TPSA) is 198 Å². The molecule has 1 unspecified atom stereocenters. The molecule has 5 atom stereocenters. The molecule has 5 rings (SSSR count). The number of imidazole rings is 1. The third-order valence-electron chi connectivity index (χ3n) is 7.09. The van der Waals surface area contributed by atoms with E-state index in [4.69, 9.17) is 20.3 Å². The van der Waals surface area contributed by atoms with Crippen LogP contribution in [0.1, 0.15) is 41.9 Å². The first-order chi connectivity index (χ1) is 21.3. The Hall–Kier alpha value is -3.98. The molecule has 1 fully saturated rings. The van der Waals surface area contributed by atoms with E-state index in [9.17, 15) is 20.1 Å². The number of aryl methyl sites for hydroxylation is 1. The number of nitrogens with two attached hydrogens (primary N) is 1. The standard InChI is InChI=1S/C21H27NO3.C10H13N5O4/c1-2-14-22-15-18(23)16-25-21-11-7-6-10-19(21)20(24)13-12-17-8-4-3-5-9-17;11-8-5-9(13-2-12-8)15(3-14-5)10-7(18)6(17)4(1-16)19-10/h3-11,18,22-23H,2,12-16H2,1H3;2-4,6-7,10,16-18H,1H2,(H2,11,12,13)/t;4-,6-,7-,10-/m.1/s1. The lowest BCUT2D eigenvalue weighted by Gasteiger charge is -2.16. The Morgan fingerprint density at radius 1 is 1.09 bits per heavy atom. The average Bonchev–Trinajstić information content (AvgIpc) is 3.60. The van der Waals surface area contributed by atoms with Gasteiger partial charge in [-0.2, -0.15) is 0 Å². The molecule has 236 valence electrons. The first kappa shape index (κ1) is 32.9. The smallest absolute Gasteiger partial charge is 0.167 e. The van der Waals surface area contributed by atoms with Gasteiger partial charge in [-0.25, -0.2) is 15.0 Å². The van der Waals surface area contributed by atoms with Crippen molar-refractivity contribution < 1.29 is 34.7 Å². The summed E-state index contributed by atoms with van der Waals surface area (Å²) in [6, 6.07) is 17.2. The highest BCUT2D eigenvalue weighted by Gasteiger charge is 2.44. The SMILES string of the molecule is CCCNCC(O)COc1ccccc1C(=O)CCc1ccccc1.Nc1ncnc2c1ncn2[C@@H]1O[C@H](CO)[C@@H](O)[C@H]1O. The number of ether oxygens (including phenoxy) is 2. The monoisotopic (exact) mass is 608 g/mol. The van der Waals surface area contributed by atoms with Crippen LogP contribution >= 0.6 is 0 Å². The molecule has 3 heterocycles. The van der Waals surface area contributed by atoms with Gasteiger partial charge in [0, 0.05) is 13.0 Å². The summed E-state index contributed by atoms with van der Waals surface area (Å²) in [4.78, 5) is 24.4. The average molecular weight is 609 g/mol. The lowest BCUT2D eigenvalue weighted by Crippen LogP contribution is -2.33. The van der Waals surface area contributed by atoms with Gasteiger partial charge in [-0.15, -0.1) is 0 Å². The van der Waals surface area contributed by atoms with Gasteiger partial charge in [0.15, 0.2) is 23.5 Å². The molecule has 4 aromatic rings. The van der Waals surface area contributed by atoms with Crippen molar-refractivity contribution in [1.82, 2.24) is 24.8 Å². The Kier molecular flexibility index (Phi) is 12.1. The van der Waals surface area contributed by atoms with Crippen LogP contribution in [0.2, 0.25) is 0 Å². The molecule has 1 saturated heterocycles. The van der Waals surface area contributed by atoms with E-state index < -0.39 is 37.3 Å². The van der Waals surface area contributed by atoms with Crippen molar-refractivity contribution in [2.45, 2.75) is 56.8 Å².